The number of carbonyl (C=O) groups is 1. The second kappa shape index (κ2) is 7.34. The van der Waals surface area contributed by atoms with Crippen molar-refractivity contribution < 1.29 is 9.18 Å². The lowest BCUT2D eigenvalue weighted by atomic mass is 10.0. The van der Waals surface area contributed by atoms with E-state index >= 15 is 0 Å². The molecule has 3 N–H and O–H groups in total. The predicted molar refractivity (Wildman–Crippen MR) is 72.1 cm³/mol. The van der Waals surface area contributed by atoms with Crippen LogP contribution >= 0.6 is 11.6 Å². The zero-order valence-corrected chi connectivity index (χ0v) is 11.1. The fourth-order valence-electron chi connectivity index (χ4n) is 1.60. The molecule has 0 aromatic heterocycles. The standard InChI is InChI=1S/C13H18ClFN2O/c1-9(6-7-16)2-5-13(18)17-10-3-4-11(14)12(15)8-10/h3-4,8-9H,2,5-7,16H2,1H3,(H,17,18). The number of halogens is 2. The van der Waals surface area contributed by atoms with E-state index in [4.69, 9.17) is 17.3 Å². The first-order chi connectivity index (χ1) is 8.52. The Balaban J connectivity index is 2.42. The SMILES string of the molecule is CC(CCN)CCC(=O)Nc1ccc(Cl)c(F)c1. The molecule has 0 bridgehead atoms. The molecule has 0 aliphatic carbocycles. The van der Waals surface area contributed by atoms with Crippen LogP contribution in [0.4, 0.5) is 10.1 Å². The van der Waals surface area contributed by atoms with Crippen molar-refractivity contribution in [3.8, 4) is 0 Å². The van der Waals surface area contributed by atoms with Gasteiger partial charge in [0.25, 0.3) is 0 Å². The highest BCUT2D eigenvalue weighted by atomic mass is 35.5. The van der Waals surface area contributed by atoms with Gasteiger partial charge >= 0.3 is 0 Å². The van der Waals surface area contributed by atoms with Gasteiger partial charge in [-0.3, -0.25) is 4.79 Å². The zero-order valence-electron chi connectivity index (χ0n) is 10.4. The third-order valence-corrected chi connectivity index (χ3v) is 3.03. The number of hydrogen-bond acceptors (Lipinski definition) is 2. The van der Waals surface area contributed by atoms with E-state index in [0.29, 0.717) is 24.6 Å². The van der Waals surface area contributed by atoms with E-state index in [1.807, 2.05) is 0 Å². The van der Waals surface area contributed by atoms with Gasteiger partial charge in [-0.15, -0.1) is 0 Å². The average molecular weight is 273 g/mol. The van der Waals surface area contributed by atoms with Crippen molar-refractivity contribution in [2.75, 3.05) is 11.9 Å². The van der Waals surface area contributed by atoms with E-state index in [1.54, 1.807) is 6.07 Å². The number of benzene rings is 1. The van der Waals surface area contributed by atoms with Crippen molar-refractivity contribution in [2.24, 2.45) is 11.7 Å². The van der Waals surface area contributed by atoms with Gasteiger partial charge in [0.05, 0.1) is 5.02 Å². The Bertz CT molecular complexity index is 412. The van der Waals surface area contributed by atoms with Gasteiger partial charge in [-0.05, 0) is 43.5 Å². The van der Waals surface area contributed by atoms with Gasteiger partial charge in [-0.25, -0.2) is 4.39 Å². The van der Waals surface area contributed by atoms with Gasteiger partial charge in [0, 0.05) is 12.1 Å². The Morgan fingerprint density at radius 1 is 1.50 bits per heavy atom. The molecule has 3 nitrogen and oxygen atoms in total. The second-order valence-electron chi connectivity index (χ2n) is 4.40. The van der Waals surface area contributed by atoms with E-state index in [1.165, 1.54) is 12.1 Å². The summed E-state index contributed by atoms with van der Waals surface area (Å²) in [5.41, 5.74) is 5.86. The van der Waals surface area contributed by atoms with Crippen molar-refractivity contribution in [2.45, 2.75) is 26.2 Å². The minimum atomic E-state index is -0.536. The van der Waals surface area contributed by atoms with Crippen LogP contribution in [0, 0.1) is 11.7 Å². The van der Waals surface area contributed by atoms with Gasteiger partial charge in [0.15, 0.2) is 0 Å². The topological polar surface area (TPSA) is 55.1 Å². The Morgan fingerprint density at radius 3 is 2.83 bits per heavy atom. The maximum absolute atomic E-state index is 13.1. The Morgan fingerprint density at radius 2 is 2.22 bits per heavy atom. The number of carbonyl (C=O) groups excluding carboxylic acids is 1. The highest BCUT2D eigenvalue weighted by Gasteiger charge is 2.08. The fourth-order valence-corrected chi connectivity index (χ4v) is 1.72. The molecule has 0 saturated carbocycles. The largest absolute Gasteiger partial charge is 0.330 e. The highest BCUT2D eigenvalue weighted by molar-refractivity contribution is 6.30. The molecule has 0 aliphatic rings. The van der Waals surface area contributed by atoms with Gasteiger partial charge in [0.2, 0.25) is 5.91 Å². The minimum absolute atomic E-state index is 0.0459. The van der Waals surface area contributed by atoms with Gasteiger partial charge in [-0.1, -0.05) is 18.5 Å². The average Bonchev–Trinajstić information content (AvgIpc) is 2.32. The molecule has 0 spiro atoms. The van der Waals surface area contributed by atoms with E-state index in [2.05, 4.69) is 12.2 Å². The Labute approximate surface area is 112 Å². The molecular weight excluding hydrogens is 255 g/mol. The number of hydrogen-bond donors (Lipinski definition) is 2. The summed E-state index contributed by atoms with van der Waals surface area (Å²) in [7, 11) is 0. The van der Waals surface area contributed by atoms with Crippen LogP contribution in [-0.4, -0.2) is 12.5 Å². The third-order valence-electron chi connectivity index (χ3n) is 2.73. The monoisotopic (exact) mass is 272 g/mol. The van der Waals surface area contributed by atoms with Crippen LogP contribution in [0.3, 0.4) is 0 Å². The summed E-state index contributed by atoms with van der Waals surface area (Å²) in [6.07, 6.45) is 2.09. The zero-order chi connectivity index (χ0) is 13.5. The molecule has 0 radical (unpaired) electrons. The quantitative estimate of drug-likeness (QED) is 0.836. The summed E-state index contributed by atoms with van der Waals surface area (Å²) in [5.74, 6) is -0.241. The lowest BCUT2D eigenvalue weighted by Crippen LogP contribution is -2.14. The first kappa shape index (κ1) is 14.9. The van der Waals surface area contributed by atoms with E-state index < -0.39 is 5.82 Å². The maximum Gasteiger partial charge on any atom is 0.224 e. The molecule has 1 aromatic rings. The molecular formula is C13H18ClFN2O. The second-order valence-corrected chi connectivity index (χ2v) is 4.81. The van der Waals surface area contributed by atoms with Crippen LogP contribution in [0.15, 0.2) is 18.2 Å². The molecule has 0 heterocycles. The third kappa shape index (κ3) is 5.02. The summed E-state index contributed by atoms with van der Waals surface area (Å²) in [6.45, 7) is 2.69. The lowest BCUT2D eigenvalue weighted by Gasteiger charge is -2.10. The highest BCUT2D eigenvalue weighted by Crippen LogP contribution is 2.19. The molecule has 0 fully saturated rings. The summed E-state index contributed by atoms with van der Waals surface area (Å²) in [5, 5.41) is 2.68. The van der Waals surface area contributed by atoms with E-state index in [9.17, 15) is 9.18 Å². The summed E-state index contributed by atoms with van der Waals surface area (Å²) in [4.78, 5) is 11.6. The first-order valence-electron chi connectivity index (χ1n) is 5.98. The molecule has 100 valence electrons. The normalized spacial score (nSPS) is 12.2. The van der Waals surface area contributed by atoms with Crippen molar-refractivity contribution in [3.05, 3.63) is 29.0 Å². The maximum atomic E-state index is 13.1. The van der Waals surface area contributed by atoms with Crippen LogP contribution in [0.25, 0.3) is 0 Å². The fraction of sp³-hybridized carbons (Fsp3) is 0.462. The minimum Gasteiger partial charge on any atom is -0.330 e. The Kier molecular flexibility index (Phi) is 6.09. The van der Waals surface area contributed by atoms with Crippen LogP contribution in [0.2, 0.25) is 5.02 Å². The van der Waals surface area contributed by atoms with Gasteiger partial charge < -0.3 is 11.1 Å². The van der Waals surface area contributed by atoms with Crippen molar-refractivity contribution >= 4 is 23.2 Å². The molecule has 0 aliphatic heterocycles. The van der Waals surface area contributed by atoms with Crippen LogP contribution in [0.1, 0.15) is 26.2 Å². The van der Waals surface area contributed by atoms with Gasteiger partial charge in [0.1, 0.15) is 5.82 Å². The van der Waals surface area contributed by atoms with Crippen LogP contribution in [0.5, 0.6) is 0 Å². The van der Waals surface area contributed by atoms with Gasteiger partial charge in [-0.2, -0.15) is 0 Å². The lowest BCUT2D eigenvalue weighted by molar-refractivity contribution is -0.116. The molecule has 18 heavy (non-hydrogen) atoms. The first-order valence-corrected chi connectivity index (χ1v) is 6.35. The molecule has 1 unspecified atom stereocenters. The summed E-state index contributed by atoms with van der Waals surface area (Å²) in [6, 6.07) is 4.21. The van der Waals surface area contributed by atoms with Crippen LogP contribution < -0.4 is 11.1 Å². The molecule has 0 saturated heterocycles. The number of amides is 1. The smallest absolute Gasteiger partial charge is 0.224 e. The van der Waals surface area contributed by atoms with E-state index in [-0.39, 0.29) is 10.9 Å². The molecule has 1 rings (SSSR count). The van der Waals surface area contributed by atoms with Crippen molar-refractivity contribution in [3.63, 3.8) is 0 Å². The predicted octanol–water partition coefficient (Wildman–Crippen LogP) is 3.18. The van der Waals surface area contributed by atoms with Crippen molar-refractivity contribution in [1.29, 1.82) is 0 Å². The summed E-state index contributed by atoms with van der Waals surface area (Å²) >= 11 is 5.56. The molecule has 1 aromatic carbocycles. The molecule has 1 atom stereocenters. The molecule has 1 amide bonds. The van der Waals surface area contributed by atoms with E-state index in [0.717, 1.165) is 12.8 Å². The number of nitrogens with two attached hydrogens (primary N) is 1. The molecule has 5 heteroatoms. The Hall–Kier alpha value is -1.13. The number of nitrogens with one attached hydrogen (secondary N) is 1. The number of rotatable bonds is 6. The number of anilines is 1. The van der Waals surface area contributed by atoms with Crippen molar-refractivity contribution in [1.82, 2.24) is 0 Å². The summed E-state index contributed by atoms with van der Waals surface area (Å²) < 4.78 is 13.1. The van der Waals surface area contributed by atoms with Crippen LogP contribution in [-0.2, 0) is 4.79 Å².